The van der Waals surface area contributed by atoms with E-state index in [9.17, 15) is 5.26 Å². The van der Waals surface area contributed by atoms with E-state index >= 15 is 0 Å². The van der Waals surface area contributed by atoms with E-state index in [1.54, 1.807) is 0 Å². The molecular formula is C13H8Br2N2. The number of hydrogen-bond donors (Lipinski definition) is 0. The van der Waals surface area contributed by atoms with E-state index in [-0.39, 0.29) is 5.92 Å². The summed E-state index contributed by atoms with van der Waals surface area (Å²) in [5, 5.41) is 9.32. The zero-order valence-electron chi connectivity index (χ0n) is 8.77. The summed E-state index contributed by atoms with van der Waals surface area (Å²) in [7, 11) is 0. The molecule has 1 atom stereocenters. The minimum absolute atomic E-state index is 0.358. The first-order chi connectivity index (χ1) is 8.22. The van der Waals surface area contributed by atoms with Crippen molar-refractivity contribution in [3.63, 3.8) is 0 Å². The third kappa shape index (κ3) is 2.74. The highest BCUT2D eigenvalue weighted by molar-refractivity contribution is 9.11. The highest BCUT2D eigenvalue weighted by Gasteiger charge is 2.17. The summed E-state index contributed by atoms with van der Waals surface area (Å²) in [5.41, 5.74) is 1.68. The maximum absolute atomic E-state index is 9.32. The molecule has 0 spiro atoms. The Balaban J connectivity index is 2.51. The Morgan fingerprint density at radius 3 is 2.41 bits per heavy atom. The van der Waals surface area contributed by atoms with Gasteiger partial charge >= 0.3 is 0 Å². The minimum Gasteiger partial charge on any atom is -0.243 e. The van der Waals surface area contributed by atoms with E-state index in [0.717, 1.165) is 20.3 Å². The Morgan fingerprint density at radius 2 is 1.76 bits per heavy atom. The molecule has 2 nitrogen and oxygen atoms in total. The Hall–Kier alpha value is -1.18. The summed E-state index contributed by atoms with van der Waals surface area (Å²) in [6, 6.07) is 15.7. The molecule has 4 heteroatoms. The maximum atomic E-state index is 9.32. The van der Waals surface area contributed by atoms with Gasteiger partial charge < -0.3 is 0 Å². The molecule has 1 aromatic carbocycles. The van der Waals surface area contributed by atoms with Gasteiger partial charge in [0.1, 0.15) is 10.5 Å². The molecular weight excluding hydrogens is 344 g/mol. The van der Waals surface area contributed by atoms with Gasteiger partial charge in [0, 0.05) is 4.47 Å². The van der Waals surface area contributed by atoms with Gasteiger partial charge in [-0.05, 0) is 49.6 Å². The van der Waals surface area contributed by atoms with Crippen molar-refractivity contribution in [2.24, 2.45) is 0 Å². The third-order valence-electron chi connectivity index (χ3n) is 2.37. The molecule has 2 rings (SSSR count). The molecule has 0 radical (unpaired) electrons. The summed E-state index contributed by atoms with van der Waals surface area (Å²) in [4.78, 5) is 4.37. The standard InChI is InChI=1S/C13H8Br2N2/c14-11-6-7-12(15)17-13(11)10(8-16)9-4-2-1-3-5-9/h1-7,10H. The van der Waals surface area contributed by atoms with E-state index in [0.29, 0.717) is 0 Å². The molecule has 0 aliphatic heterocycles. The van der Waals surface area contributed by atoms with Crippen LogP contribution in [0.5, 0.6) is 0 Å². The molecule has 1 unspecified atom stereocenters. The molecule has 0 saturated carbocycles. The second kappa shape index (κ2) is 5.44. The maximum Gasteiger partial charge on any atom is 0.115 e. The average Bonchev–Trinajstić information content (AvgIpc) is 2.36. The van der Waals surface area contributed by atoms with E-state index in [2.05, 4.69) is 42.9 Å². The van der Waals surface area contributed by atoms with Crippen LogP contribution in [0.25, 0.3) is 0 Å². The van der Waals surface area contributed by atoms with Gasteiger partial charge in [-0.3, -0.25) is 0 Å². The number of pyridine rings is 1. The summed E-state index contributed by atoms with van der Waals surface area (Å²) in [6.45, 7) is 0. The van der Waals surface area contributed by atoms with Crippen LogP contribution in [0.1, 0.15) is 17.2 Å². The first-order valence-electron chi connectivity index (χ1n) is 4.99. The number of nitrogens with zero attached hydrogens (tertiary/aromatic N) is 2. The van der Waals surface area contributed by atoms with Crippen LogP contribution in [0.4, 0.5) is 0 Å². The van der Waals surface area contributed by atoms with Crippen molar-refractivity contribution in [2.75, 3.05) is 0 Å². The molecule has 0 N–H and O–H groups in total. The molecule has 17 heavy (non-hydrogen) atoms. The number of benzene rings is 1. The van der Waals surface area contributed by atoms with Gasteiger partial charge in [0.2, 0.25) is 0 Å². The Bertz CT molecular complexity index is 561. The van der Waals surface area contributed by atoms with Crippen molar-refractivity contribution in [2.45, 2.75) is 5.92 Å². The van der Waals surface area contributed by atoms with Crippen LogP contribution in [-0.4, -0.2) is 4.98 Å². The van der Waals surface area contributed by atoms with E-state index in [4.69, 9.17) is 0 Å². The number of halogens is 2. The average molecular weight is 352 g/mol. The third-order valence-corrected chi connectivity index (χ3v) is 3.49. The molecule has 0 aliphatic rings. The van der Waals surface area contributed by atoms with Crippen molar-refractivity contribution >= 4 is 31.9 Å². The number of nitriles is 1. The van der Waals surface area contributed by atoms with Crippen LogP contribution in [0.3, 0.4) is 0 Å². The molecule has 0 fully saturated rings. The quantitative estimate of drug-likeness (QED) is 0.758. The van der Waals surface area contributed by atoms with Crippen molar-refractivity contribution in [3.05, 3.63) is 62.8 Å². The van der Waals surface area contributed by atoms with Crippen molar-refractivity contribution in [1.29, 1.82) is 5.26 Å². The summed E-state index contributed by atoms with van der Waals surface area (Å²) in [5.74, 6) is -0.358. The number of rotatable bonds is 2. The van der Waals surface area contributed by atoms with Crippen LogP contribution in [0, 0.1) is 11.3 Å². The summed E-state index contributed by atoms with van der Waals surface area (Å²) < 4.78 is 1.57. The van der Waals surface area contributed by atoms with Gasteiger partial charge in [-0.15, -0.1) is 0 Å². The molecule has 1 aromatic heterocycles. The Labute approximate surface area is 117 Å². The van der Waals surface area contributed by atoms with Crippen molar-refractivity contribution < 1.29 is 0 Å². The van der Waals surface area contributed by atoms with E-state index in [1.807, 2.05) is 42.5 Å². The summed E-state index contributed by atoms with van der Waals surface area (Å²) >= 11 is 6.76. The van der Waals surface area contributed by atoms with Crippen LogP contribution in [0.2, 0.25) is 0 Å². The lowest BCUT2D eigenvalue weighted by Crippen LogP contribution is -2.02. The first kappa shape index (κ1) is 12.3. The van der Waals surface area contributed by atoms with Gasteiger partial charge in [-0.25, -0.2) is 4.98 Å². The molecule has 2 aromatic rings. The monoisotopic (exact) mass is 350 g/mol. The lowest BCUT2D eigenvalue weighted by atomic mass is 9.97. The fraction of sp³-hybridized carbons (Fsp3) is 0.0769. The van der Waals surface area contributed by atoms with E-state index in [1.165, 1.54) is 0 Å². The second-order valence-corrected chi connectivity index (χ2v) is 5.14. The zero-order valence-corrected chi connectivity index (χ0v) is 11.9. The SMILES string of the molecule is N#CC(c1ccccc1)c1nc(Br)ccc1Br. The van der Waals surface area contributed by atoms with Gasteiger partial charge in [-0.1, -0.05) is 30.3 Å². The molecule has 0 saturated heterocycles. The van der Waals surface area contributed by atoms with Crippen LogP contribution in [-0.2, 0) is 0 Å². The van der Waals surface area contributed by atoms with Crippen LogP contribution >= 0.6 is 31.9 Å². The topological polar surface area (TPSA) is 36.7 Å². The van der Waals surface area contributed by atoms with Crippen LogP contribution in [0.15, 0.2) is 51.5 Å². The Kier molecular flexibility index (Phi) is 3.93. The van der Waals surface area contributed by atoms with Gasteiger partial charge in [0.15, 0.2) is 0 Å². The highest BCUT2D eigenvalue weighted by atomic mass is 79.9. The second-order valence-electron chi connectivity index (χ2n) is 3.47. The summed E-state index contributed by atoms with van der Waals surface area (Å²) in [6.07, 6.45) is 0. The predicted molar refractivity (Wildman–Crippen MR) is 73.5 cm³/mol. The van der Waals surface area contributed by atoms with E-state index < -0.39 is 0 Å². The molecule has 0 amide bonds. The predicted octanol–water partition coefficient (Wildman–Crippen LogP) is 4.26. The molecule has 0 aliphatic carbocycles. The minimum atomic E-state index is -0.358. The largest absolute Gasteiger partial charge is 0.243 e. The molecule has 0 bridgehead atoms. The van der Waals surface area contributed by atoms with Gasteiger partial charge in [-0.2, -0.15) is 5.26 Å². The highest BCUT2D eigenvalue weighted by Crippen LogP contribution is 2.29. The number of aromatic nitrogens is 1. The number of hydrogen-bond acceptors (Lipinski definition) is 2. The smallest absolute Gasteiger partial charge is 0.115 e. The van der Waals surface area contributed by atoms with Crippen molar-refractivity contribution in [3.8, 4) is 6.07 Å². The van der Waals surface area contributed by atoms with Crippen molar-refractivity contribution in [1.82, 2.24) is 4.98 Å². The molecule has 1 heterocycles. The lowest BCUT2D eigenvalue weighted by Gasteiger charge is -2.11. The van der Waals surface area contributed by atoms with Crippen LogP contribution < -0.4 is 0 Å². The first-order valence-corrected chi connectivity index (χ1v) is 6.57. The van der Waals surface area contributed by atoms with Gasteiger partial charge in [0.05, 0.1) is 11.8 Å². The zero-order chi connectivity index (χ0) is 12.3. The normalized spacial score (nSPS) is 11.8. The fourth-order valence-corrected chi connectivity index (χ4v) is 2.35. The molecule has 84 valence electrons. The van der Waals surface area contributed by atoms with Gasteiger partial charge in [0.25, 0.3) is 0 Å². The Morgan fingerprint density at radius 1 is 1.06 bits per heavy atom. The fourth-order valence-electron chi connectivity index (χ4n) is 1.57. The lowest BCUT2D eigenvalue weighted by molar-refractivity contribution is 0.946.